The number of thioether (sulfide) groups is 2. The number of hydrogen-bond donors (Lipinski definition) is 2. The molecule has 0 unspecified atom stereocenters. The lowest BCUT2D eigenvalue weighted by Crippen LogP contribution is -2.15. The minimum Gasteiger partial charge on any atom is -0.493 e. The van der Waals surface area contributed by atoms with E-state index in [0.29, 0.717) is 33.2 Å². The van der Waals surface area contributed by atoms with Gasteiger partial charge in [0.05, 0.1) is 31.9 Å². The Balaban J connectivity index is 1.49. The topological polar surface area (TPSA) is 120 Å². The van der Waals surface area contributed by atoms with Crippen LogP contribution >= 0.6 is 23.5 Å². The molecule has 0 bridgehead atoms. The van der Waals surface area contributed by atoms with Gasteiger partial charge >= 0.3 is 0 Å². The van der Waals surface area contributed by atoms with Gasteiger partial charge in [0.25, 0.3) is 0 Å². The van der Waals surface area contributed by atoms with Crippen molar-refractivity contribution in [3.05, 3.63) is 83.4 Å². The van der Waals surface area contributed by atoms with Gasteiger partial charge in [-0.1, -0.05) is 58.9 Å². The Hall–Kier alpha value is -4.29. The molecule has 12 heteroatoms. The first-order valence-electron chi connectivity index (χ1n) is 12.5. The van der Waals surface area contributed by atoms with Crippen molar-refractivity contribution in [1.29, 1.82) is 0 Å². The Morgan fingerprint density at radius 3 is 1.73 bits per heavy atom. The lowest BCUT2D eigenvalue weighted by molar-refractivity contribution is -0.114. The van der Waals surface area contributed by atoms with Gasteiger partial charge in [-0.15, -0.1) is 10.2 Å². The maximum Gasteiger partial charge on any atom is 0.234 e. The number of anilines is 2. The summed E-state index contributed by atoms with van der Waals surface area (Å²) < 4.78 is 12.2. The normalized spacial score (nSPS) is 10.9. The minimum absolute atomic E-state index is 0.0937. The van der Waals surface area contributed by atoms with Gasteiger partial charge in [0.15, 0.2) is 11.5 Å². The fraction of sp³-hybridized carbons (Fsp3) is 0.207. The van der Waals surface area contributed by atoms with E-state index < -0.39 is 0 Å². The fourth-order valence-electron chi connectivity index (χ4n) is 3.52. The average molecular weight is 591 g/mol. The van der Waals surface area contributed by atoms with E-state index in [1.807, 2.05) is 68.4 Å². The molecule has 4 rings (SSSR count). The molecule has 0 fully saturated rings. The number of hydrogen-bond acceptors (Lipinski definition) is 9. The number of carbonyl (C=O) groups is 2. The van der Waals surface area contributed by atoms with Crippen molar-refractivity contribution in [2.24, 2.45) is 5.10 Å². The molecular formula is C29H30N6O4S2. The van der Waals surface area contributed by atoms with Crippen molar-refractivity contribution in [2.45, 2.75) is 24.2 Å². The fourth-order valence-corrected chi connectivity index (χ4v) is 4.95. The zero-order valence-electron chi connectivity index (χ0n) is 23.1. The largest absolute Gasteiger partial charge is 0.493 e. The van der Waals surface area contributed by atoms with Crippen LogP contribution in [0.15, 0.2) is 82.1 Å². The summed E-state index contributed by atoms with van der Waals surface area (Å²) in [4.78, 5) is 25.2. The quantitative estimate of drug-likeness (QED) is 0.170. The Labute approximate surface area is 246 Å². The summed E-state index contributed by atoms with van der Waals surface area (Å²) in [5.41, 5.74) is 4.39. The number of benzene rings is 3. The molecule has 4 aromatic rings. The lowest BCUT2D eigenvalue weighted by atomic mass is 10.2. The Morgan fingerprint density at radius 2 is 1.27 bits per heavy atom. The van der Waals surface area contributed by atoms with Crippen LogP contribution in [0.2, 0.25) is 0 Å². The summed E-state index contributed by atoms with van der Waals surface area (Å²) in [6.45, 7) is 3.97. The highest BCUT2D eigenvalue weighted by Gasteiger charge is 2.16. The van der Waals surface area contributed by atoms with Crippen LogP contribution in [-0.4, -0.2) is 58.6 Å². The van der Waals surface area contributed by atoms with Crippen LogP contribution < -0.4 is 20.1 Å². The molecule has 1 aromatic heterocycles. The van der Waals surface area contributed by atoms with E-state index in [1.54, 1.807) is 32.6 Å². The Morgan fingerprint density at radius 1 is 0.780 bits per heavy atom. The zero-order valence-corrected chi connectivity index (χ0v) is 24.7. The van der Waals surface area contributed by atoms with Gasteiger partial charge in [-0.25, -0.2) is 0 Å². The van der Waals surface area contributed by atoms with E-state index in [9.17, 15) is 9.59 Å². The minimum atomic E-state index is -0.191. The van der Waals surface area contributed by atoms with Gasteiger partial charge in [0, 0.05) is 11.4 Å². The molecule has 2 amide bonds. The molecule has 3 aromatic carbocycles. The molecule has 0 saturated heterocycles. The van der Waals surface area contributed by atoms with E-state index in [-0.39, 0.29) is 23.3 Å². The number of aromatic nitrogens is 3. The molecular weight excluding hydrogens is 560 g/mol. The van der Waals surface area contributed by atoms with E-state index in [0.717, 1.165) is 16.7 Å². The highest BCUT2D eigenvalue weighted by atomic mass is 32.2. The summed E-state index contributed by atoms with van der Waals surface area (Å²) >= 11 is 2.38. The summed E-state index contributed by atoms with van der Waals surface area (Å²) in [7, 11) is 3.13. The molecule has 0 spiro atoms. The number of aryl methyl sites for hydroxylation is 2. The van der Waals surface area contributed by atoms with Gasteiger partial charge < -0.3 is 20.1 Å². The van der Waals surface area contributed by atoms with Gasteiger partial charge in [-0.05, 0) is 61.9 Å². The number of ether oxygens (including phenoxy) is 2. The number of amides is 2. The van der Waals surface area contributed by atoms with Gasteiger partial charge in [0.1, 0.15) is 0 Å². The standard InChI is InChI=1S/C29H30N6O4S2/c1-19-5-10-22(11-6-19)31-26(36)17-40-28-33-34-29(41-18-27(37)32-23-12-7-20(2)8-13-23)35(28)30-16-21-9-14-24(38-3)25(15-21)39-4/h5-16H,17-18H2,1-4H3,(H,31,36)(H,32,37). The Kier molecular flexibility index (Phi) is 10.4. The number of rotatable bonds is 12. The summed E-state index contributed by atoms with van der Waals surface area (Å²) in [6.07, 6.45) is 1.62. The number of nitrogens with zero attached hydrogens (tertiary/aromatic N) is 4. The van der Waals surface area contributed by atoms with E-state index in [4.69, 9.17) is 9.47 Å². The third-order valence-corrected chi connectivity index (χ3v) is 7.49. The van der Waals surface area contributed by atoms with Crippen molar-refractivity contribution >= 4 is 52.9 Å². The van der Waals surface area contributed by atoms with Crippen LogP contribution in [0.25, 0.3) is 0 Å². The number of methoxy groups -OCH3 is 2. The van der Waals surface area contributed by atoms with Crippen LogP contribution in [-0.2, 0) is 9.59 Å². The van der Waals surface area contributed by atoms with Gasteiger partial charge in [0.2, 0.25) is 22.1 Å². The third-order valence-electron chi connectivity index (χ3n) is 5.65. The number of nitrogens with one attached hydrogen (secondary N) is 2. The molecule has 0 atom stereocenters. The van der Waals surface area contributed by atoms with Crippen LogP contribution in [0.1, 0.15) is 16.7 Å². The molecule has 0 saturated carbocycles. The zero-order chi connectivity index (χ0) is 29.2. The molecule has 0 radical (unpaired) electrons. The molecule has 41 heavy (non-hydrogen) atoms. The molecule has 212 valence electrons. The first-order valence-corrected chi connectivity index (χ1v) is 14.5. The lowest BCUT2D eigenvalue weighted by Gasteiger charge is -2.08. The molecule has 0 aliphatic carbocycles. The summed E-state index contributed by atoms with van der Waals surface area (Å²) in [5, 5.41) is 19.6. The van der Waals surface area contributed by atoms with Crippen LogP contribution in [0, 0.1) is 13.8 Å². The first kappa shape index (κ1) is 29.7. The van der Waals surface area contributed by atoms with Crippen molar-refractivity contribution in [2.75, 3.05) is 36.4 Å². The van der Waals surface area contributed by atoms with Crippen molar-refractivity contribution in [3.63, 3.8) is 0 Å². The third kappa shape index (κ3) is 8.60. The van der Waals surface area contributed by atoms with E-state index in [1.165, 1.54) is 28.2 Å². The molecule has 1 heterocycles. The van der Waals surface area contributed by atoms with Crippen molar-refractivity contribution in [1.82, 2.24) is 14.9 Å². The first-order chi connectivity index (χ1) is 19.8. The predicted octanol–water partition coefficient (Wildman–Crippen LogP) is 5.26. The predicted molar refractivity (Wildman–Crippen MR) is 164 cm³/mol. The van der Waals surface area contributed by atoms with Gasteiger partial charge in [-0.3, -0.25) is 9.59 Å². The summed E-state index contributed by atoms with van der Waals surface area (Å²) in [5.74, 6) is 0.964. The smallest absolute Gasteiger partial charge is 0.234 e. The van der Waals surface area contributed by atoms with Crippen molar-refractivity contribution in [3.8, 4) is 11.5 Å². The monoisotopic (exact) mass is 590 g/mol. The van der Waals surface area contributed by atoms with Crippen molar-refractivity contribution < 1.29 is 19.1 Å². The maximum absolute atomic E-state index is 12.6. The van der Waals surface area contributed by atoms with Gasteiger partial charge in [-0.2, -0.15) is 9.78 Å². The second kappa shape index (κ2) is 14.4. The Bertz CT molecular complexity index is 1440. The SMILES string of the molecule is COc1ccc(C=Nn2c(SCC(=O)Nc3ccc(C)cc3)nnc2SCC(=O)Nc2ccc(C)cc2)cc1OC. The van der Waals surface area contributed by atoms with Crippen LogP contribution in [0.5, 0.6) is 11.5 Å². The molecule has 0 aliphatic rings. The van der Waals surface area contributed by atoms with Crippen LogP contribution in [0.3, 0.4) is 0 Å². The second-order valence-corrected chi connectivity index (χ2v) is 10.7. The van der Waals surface area contributed by atoms with E-state index >= 15 is 0 Å². The van der Waals surface area contributed by atoms with Crippen LogP contribution in [0.4, 0.5) is 11.4 Å². The molecule has 0 aliphatic heterocycles. The average Bonchev–Trinajstić information content (AvgIpc) is 3.37. The van der Waals surface area contributed by atoms with E-state index in [2.05, 4.69) is 25.9 Å². The highest BCUT2D eigenvalue weighted by Crippen LogP contribution is 2.28. The second-order valence-electron chi connectivity index (χ2n) is 8.84. The highest BCUT2D eigenvalue weighted by molar-refractivity contribution is 8.00. The maximum atomic E-state index is 12.6. The summed E-state index contributed by atoms with van der Waals surface area (Å²) in [6, 6.07) is 20.5. The number of carbonyl (C=O) groups excluding carboxylic acids is 2. The molecule has 10 nitrogen and oxygen atoms in total. The molecule has 2 N–H and O–H groups in total.